The molecule has 0 aliphatic rings. The summed E-state index contributed by atoms with van der Waals surface area (Å²) in [6.07, 6.45) is 1.52. The monoisotopic (exact) mass is 207 g/mol. The molecule has 0 heterocycles. The van der Waals surface area contributed by atoms with Crippen LogP contribution in [0.15, 0.2) is 30.3 Å². The highest BCUT2D eigenvalue weighted by molar-refractivity contribution is 5.16. The first-order valence-corrected chi connectivity index (χ1v) is 5.41. The second-order valence-corrected chi connectivity index (χ2v) is 4.71. The SMILES string of the molecule is CN(C)CCC(C)(O)Cc1ccccc1. The van der Waals surface area contributed by atoms with E-state index in [1.807, 2.05) is 39.2 Å². The van der Waals surface area contributed by atoms with Gasteiger partial charge in [0, 0.05) is 13.0 Å². The summed E-state index contributed by atoms with van der Waals surface area (Å²) in [7, 11) is 4.05. The third-order valence-electron chi connectivity index (χ3n) is 2.53. The summed E-state index contributed by atoms with van der Waals surface area (Å²) in [5, 5.41) is 10.2. The van der Waals surface area contributed by atoms with Crippen molar-refractivity contribution in [3.8, 4) is 0 Å². The maximum atomic E-state index is 10.2. The van der Waals surface area contributed by atoms with Crippen LogP contribution >= 0.6 is 0 Å². The Balaban J connectivity index is 2.49. The number of rotatable bonds is 5. The highest BCUT2D eigenvalue weighted by Crippen LogP contribution is 2.16. The van der Waals surface area contributed by atoms with E-state index in [1.165, 1.54) is 5.56 Å². The zero-order valence-electron chi connectivity index (χ0n) is 9.90. The maximum Gasteiger partial charge on any atom is 0.0672 e. The molecule has 1 N–H and O–H groups in total. The molecule has 0 saturated carbocycles. The van der Waals surface area contributed by atoms with Crippen LogP contribution < -0.4 is 0 Å². The molecule has 15 heavy (non-hydrogen) atoms. The quantitative estimate of drug-likeness (QED) is 0.797. The van der Waals surface area contributed by atoms with E-state index in [2.05, 4.69) is 17.0 Å². The minimum atomic E-state index is -0.606. The van der Waals surface area contributed by atoms with Crippen LogP contribution in [-0.4, -0.2) is 36.2 Å². The highest BCUT2D eigenvalue weighted by Gasteiger charge is 2.20. The summed E-state index contributed by atoms with van der Waals surface area (Å²) in [4.78, 5) is 2.10. The summed E-state index contributed by atoms with van der Waals surface area (Å²) < 4.78 is 0. The van der Waals surface area contributed by atoms with Crippen LogP contribution in [-0.2, 0) is 6.42 Å². The first kappa shape index (κ1) is 12.2. The van der Waals surface area contributed by atoms with Crippen molar-refractivity contribution >= 4 is 0 Å². The Labute approximate surface area is 92.5 Å². The number of hydrogen-bond donors (Lipinski definition) is 1. The summed E-state index contributed by atoms with van der Waals surface area (Å²) in [5.41, 5.74) is 0.590. The standard InChI is InChI=1S/C13H21NO/c1-13(15,9-10-14(2)3)11-12-7-5-4-6-8-12/h4-8,15H,9-11H2,1-3H3. The third-order valence-corrected chi connectivity index (χ3v) is 2.53. The molecule has 0 spiro atoms. The van der Waals surface area contributed by atoms with E-state index in [0.717, 1.165) is 19.4 Å². The molecule has 0 radical (unpaired) electrons. The minimum Gasteiger partial charge on any atom is -0.390 e. The lowest BCUT2D eigenvalue weighted by Gasteiger charge is -2.25. The number of nitrogens with zero attached hydrogens (tertiary/aromatic N) is 1. The third kappa shape index (κ3) is 4.96. The second kappa shape index (κ2) is 5.29. The van der Waals surface area contributed by atoms with Gasteiger partial charge in [-0.2, -0.15) is 0 Å². The summed E-state index contributed by atoms with van der Waals surface area (Å²) in [6.45, 7) is 2.82. The Morgan fingerprint density at radius 2 is 1.80 bits per heavy atom. The Bertz CT molecular complexity index is 280. The van der Waals surface area contributed by atoms with Crippen LogP contribution in [0, 0.1) is 0 Å². The molecule has 1 aromatic carbocycles. The van der Waals surface area contributed by atoms with Crippen LogP contribution in [0.3, 0.4) is 0 Å². The molecule has 0 aliphatic carbocycles. The summed E-state index contributed by atoms with van der Waals surface area (Å²) in [5.74, 6) is 0. The van der Waals surface area contributed by atoms with E-state index in [4.69, 9.17) is 0 Å². The van der Waals surface area contributed by atoms with Gasteiger partial charge in [-0.15, -0.1) is 0 Å². The number of aliphatic hydroxyl groups is 1. The first-order chi connectivity index (χ1) is 6.99. The van der Waals surface area contributed by atoms with Gasteiger partial charge in [-0.1, -0.05) is 30.3 Å². The number of hydrogen-bond acceptors (Lipinski definition) is 2. The number of benzene rings is 1. The maximum absolute atomic E-state index is 10.2. The van der Waals surface area contributed by atoms with E-state index in [1.54, 1.807) is 0 Å². The predicted molar refractivity (Wildman–Crippen MR) is 63.9 cm³/mol. The molecule has 1 unspecified atom stereocenters. The molecule has 0 bridgehead atoms. The largest absolute Gasteiger partial charge is 0.390 e. The molecule has 2 nitrogen and oxygen atoms in total. The Hall–Kier alpha value is -0.860. The summed E-state index contributed by atoms with van der Waals surface area (Å²) >= 11 is 0. The van der Waals surface area contributed by atoms with Crippen LogP contribution in [0.2, 0.25) is 0 Å². The zero-order chi connectivity index (χ0) is 11.3. The van der Waals surface area contributed by atoms with E-state index in [9.17, 15) is 5.11 Å². The average molecular weight is 207 g/mol. The second-order valence-electron chi connectivity index (χ2n) is 4.71. The zero-order valence-corrected chi connectivity index (χ0v) is 9.90. The molecule has 1 rings (SSSR count). The molecule has 0 aliphatic heterocycles. The highest BCUT2D eigenvalue weighted by atomic mass is 16.3. The van der Waals surface area contributed by atoms with E-state index >= 15 is 0 Å². The molecular formula is C13H21NO. The Morgan fingerprint density at radius 3 is 2.33 bits per heavy atom. The fourth-order valence-corrected chi connectivity index (χ4v) is 1.59. The smallest absolute Gasteiger partial charge is 0.0672 e. The van der Waals surface area contributed by atoms with E-state index in [0.29, 0.717) is 0 Å². The van der Waals surface area contributed by atoms with Crippen molar-refractivity contribution < 1.29 is 5.11 Å². The van der Waals surface area contributed by atoms with Gasteiger partial charge >= 0.3 is 0 Å². The van der Waals surface area contributed by atoms with Crippen LogP contribution in [0.5, 0.6) is 0 Å². The molecular weight excluding hydrogens is 186 g/mol. The molecule has 0 saturated heterocycles. The first-order valence-electron chi connectivity index (χ1n) is 5.41. The minimum absolute atomic E-state index is 0.606. The van der Waals surface area contributed by atoms with Crippen molar-refractivity contribution in [1.82, 2.24) is 4.90 Å². The topological polar surface area (TPSA) is 23.5 Å². The van der Waals surface area contributed by atoms with Crippen molar-refractivity contribution in [2.75, 3.05) is 20.6 Å². The van der Waals surface area contributed by atoms with E-state index in [-0.39, 0.29) is 0 Å². The molecule has 1 atom stereocenters. The molecule has 0 fully saturated rings. The lowest BCUT2D eigenvalue weighted by Crippen LogP contribution is -2.31. The van der Waals surface area contributed by atoms with Gasteiger partial charge in [-0.05, 0) is 33.0 Å². The lowest BCUT2D eigenvalue weighted by atomic mass is 9.93. The fraction of sp³-hybridized carbons (Fsp3) is 0.538. The molecule has 0 amide bonds. The average Bonchev–Trinajstić information content (AvgIpc) is 2.16. The fourth-order valence-electron chi connectivity index (χ4n) is 1.59. The Kier molecular flexibility index (Phi) is 4.30. The van der Waals surface area contributed by atoms with Crippen LogP contribution in [0.4, 0.5) is 0 Å². The van der Waals surface area contributed by atoms with Crippen LogP contribution in [0.1, 0.15) is 18.9 Å². The predicted octanol–water partition coefficient (Wildman–Crippen LogP) is 1.93. The van der Waals surface area contributed by atoms with Gasteiger partial charge < -0.3 is 10.0 Å². The normalized spacial score (nSPS) is 15.3. The van der Waals surface area contributed by atoms with E-state index < -0.39 is 5.60 Å². The molecule has 1 aromatic rings. The van der Waals surface area contributed by atoms with Crippen molar-refractivity contribution in [3.05, 3.63) is 35.9 Å². The lowest BCUT2D eigenvalue weighted by molar-refractivity contribution is 0.0442. The van der Waals surface area contributed by atoms with Gasteiger partial charge in [0.05, 0.1) is 5.60 Å². The summed E-state index contributed by atoms with van der Waals surface area (Å²) in [6, 6.07) is 10.1. The van der Waals surface area contributed by atoms with Crippen molar-refractivity contribution in [2.45, 2.75) is 25.4 Å². The van der Waals surface area contributed by atoms with Gasteiger partial charge in [0.2, 0.25) is 0 Å². The van der Waals surface area contributed by atoms with Gasteiger partial charge in [0.25, 0.3) is 0 Å². The Morgan fingerprint density at radius 1 is 1.20 bits per heavy atom. The van der Waals surface area contributed by atoms with Gasteiger partial charge in [0.15, 0.2) is 0 Å². The van der Waals surface area contributed by atoms with Crippen molar-refractivity contribution in [3.63, 3.8) is 0 Å². The van der Waals surface area contributed by atoms with Crippen molar-refractivity contribution in [1.29, 1.82) is 0 Å². The van der Waals surface area contributed by atoms with Crippen molar-refractivity contribution in [2.24, 2.45) is 0 Å². The van der Waals surface area contributed by atoms with Gasteiger partial charge in [-0.25, -0.2) is 0 Å². The molecule has 0 aromatic heterocycles. The molecule has 2 heteroatoms. The molecule has 84 valence electrons. The van der Waals surface area contributed by atoms with Crippen LogP contribution in [0.25, 0.3) is 0 Å². The van der Waals surface area contributed by atoms with Gasteiger partial charge in [0.1, 0.15) is 0 Å². The van der Waals surface area contributed by atoms with Gasteiger partial charge in [-0.3, -0.25) is 0 Å².